The SMILES string of the molecule is COCCN1C[C@H]2CC[C@@H]1CN(c1noc(-c3ccccc3)n1)C2. The van der Waals surface area contributed by atoms with E-state index in [2.05, 4.69) is 19.9 Å². The fraction of sp³-hybridized carbons (Fsp3) is 0.556. The van der Waals surface area contributed by atoms with Gasteiger partial charge in [0.05, 0.1) is 6.61 Å². The first kappa shape index (κ1) is 15.6. The zero-order valence-corrected chi connectivity index (χ0v) is 14.1. The van der Waals surface area contributed by atoms with Crippen molar-refractivity contribution in [2.24, 2.45) is 5.92 Å². The van der Waals surface area contributed by atoms with E-state index in [-0.39, 0.29) is 0 Å². The summed E-state index contributed by atoms with van der Waals surface area (Å²) in [5.41, 5.74) is 0.968. The van der Waals surface area contributed by atoms with Gasteiger partial charge >= 0.3 is 0 Å². The highest BCUT2D eigenvalue weighted by atomic mass is 16.5. The van der Waals surface area contributed by atoms with Gasteiger partial charge in [0.15, 0.2) is 0 Å². The van der Waals surface area contributed by atoms with Crippen LogP contribution in [0.4, 0.5) is 5.95 Å². The molecule has 2 aromatic rings. The molecule has 0 spiro atoms. The number of rotatable bonds is 5. The molecule has 5 rings (SSSR count). The average molecular weight is 328 g/mol. The minimum absolute atomic E-state index is 0.553. The maximum absolute atomic E-state index is 5.49. The molecule has 0 unspecified atom stereocenters. The third-order valence-corrected chi connectivity index (χ3v) is 5.13. The second kappa shape index (κ2) is 6.91. The first-order valence-electron chi connectivity index (χ1n) is 8.70. The molecule has 1 aromatic heterocycles. The van der Waals surface area contributed by atoms with Crippen LogP contribution >= 0.6 is 0 Å². The summed E-state index contributed by atoms with van der Waals surface area (Å²) >= 11 is 0. The maximum Gasteiger partial charge on any atom is 0.266 e. The molecule has 0 radical (unpaired) electrons. The van der Waals surface area contributed by atoms with Gasteiger partial charge in [-0.05, 0) is 36.0 Å². The predicted molar refractivity (Wildman–Crippen MR) is 91.9 cm³/mol. The molecule has 0 saturated carbocycles. The van der Waals surface area contributed by atoms with E-state index in [0.717, 1.165) is 44.3 Å². The fourth-order valence-electron chi connectivity index (χ4n) is 3.87. The lowest BCUT2D eigenvalue weighted by molar-refractivity contribution is 0.0889. The normalized spacial score (nSPS) is 24.3. The van der Waals surface area contributed by atoms with Crippen molar-refractivity contribution < 1.29 is 9.26 Å². The van der Waals surface area contributed by atoms with Crippen LogP contribution in [0.1, 0.15) is 12.8 Å². The molecule has 6 heteroatoms. The zero-order valence-electron chi connectivity index (χ0n) is 14.1. The van der Waals surface area contributed by atoms with E-state index >= 15 is 0 Å². The number of nitrogens with zero attached hydrogens (tertiary/aromatic N) is 4. The second-order valence-corrected chi connectivity index (χ2v) is 6.76. The molecular formula is C18H24N4O2. The van der Waals surface area contributed by atoms with Gasteiger partial charge in [-0.2, -0.15) is 4.98 Å². The highest BCUT2D eigenvalue weighted by Gasteiger charge is 2.35. The van der Waals surface area contributed by atoms with Crippen molar-refractivity contribution in [1.29, 1.82) is 0 Å². The Morgan fingerprint density at radius 2 is 2.04 bits per heavy atom. The van der Waals surface area contributed by atoms with Crippen LogP contribution in [-0.4, -0.2) is 61.0 Å². The van der Waals surface area contributed by atoms with E-state index < -0.39 is 0 Å². The Labute approximate surface area is 142 Å². The van der Waals surface area contributed by atoms with Crippen LogP contribution in [0.5, 0.6) is 0 Å². The summed E-state index contributed by atoms with van der Waals surface area (Å²) in [6, 6.07) is 10.5. The lowest BCUT2D eigenvalue weighted by atomic mass is 9.95. The molecule has 0 amide bonds. The molecular weight excluding hydrogens is 304 g/mol. The van der Waals surface area contributed by atoms with E-state index in [1.165, 1.54) is 12.8 Å². The quantitative estimate of drug-likeness (QED) is 0.839. The van der Waals surface area contributed by atoms with Gasteiger partial charge in [0, 0.05) is 44.9 Å². The van der Waals surface area contributed by atoms with E-state index in [1.54, 1.807) is 7.11 Å². The lowest BCUT2D eigenvalue weighted by Gasteiger charge is -2.35. The van der Waals surface area contributed by atoms with Gasteiger partial charge in [-0.25, -0.2) is 0 Å². The summed E-state index contributed by atoms with van der Waals surface area (Å²) in [4.78, 5) is 9.50. The number of fused-ring (bicyclic) bond motifs is 4. The maximum atomic E-state index is 5.49. The molecule has 3 fully saturated rings. The van der Waals surface area contributed by atoms with E-state index in [1.807, 2.05) is 30.3 Å². The Bertz CT molecular complexity index is 660. The Morgan fingerprint density at radius 3 is 2.88 bits per heavy atom. The molecule has 2 atom stereocenters. The third kappa shape index (κ3) is 3.16. The number of methoxy groups -OCH3 is 1. The monoisotopic (exact) mass is 328 g/mol. The molecule has 0 aliphatic carbocycles. The number of hydrogen-bond acceptors (Lipinski definition) is 6. The topological polar surface area (TPSA) is 54.6 Å². The summed E-state index contributed by atoms with van der Waals surface area (Å²) in [7, 11) is 1.77. The minimum Gasteiger partial charge on any atom is -0.383 e. The van der Waals surface area contributed by atoms with Crippen LogP contribution in [0.15, 0.2) is 34.9 Å². The van der Waals surface area contributed by atoms with E-state index in [0.29, 0.717) is 17.9 Å². The second-order valence-electron chi connectivity index (χ2n) is 6.76. The standard InChI is InChI=1S/C18H24N4O2/c1-23-10-9-21-11-14-7-8-16(21)13-22(12-14)18-19-17(24-20-18)15-5-3-2-4-6-15/h2-6,14,16H,7-13H2,1H3/t14-,16-/m1/s1. The number of benzene rings is 1. The van der Waals surface area contributed by atoms with Crippen molar-refractivity contribution in [2.75, 3.05) is 44.8 Å². The van der Waals surface area contributed by atoms with Crippen molar-refractivity contribution in [3.05, 3.63) is 30.3 Å². The van der Waals surface area contributed by atoms with Crippen LogP contribution < -0.4 is 4.90 Å². The largest absolute Gasteiger partial charge is 0.383 e. The molecule has 24 heavy (non-hydrogen) atoms. The van der Waals surface area contributed by atoms with Crippen molar-refractivity contribution in [3.8, 4) is 11.5 Å². The number of hydrogen-bond donors (Lipinski definition) is 0. The number of ether oxygens (including phenoxy) is 1. The average Bonchev–Trinajstić information content (AvgIpc) is 2.95. The van der Waals surface area contributed by atoms with E-state index in [9.17, 15) is 0 Å². The van der Waals surface area contributed by atoms with Crippen LogP contribution in [-0.2, 0) is 4.74 Å². The Morgan fingerprint density at radius 1 is 1.17 bits per heavy atom. The minimum atomic E-state index is 0.553. The van der Waals surface area contributed by atoms with Gasteiger partial charge in [0.2, 0.25) is 0 Å². The molecule has 3 aliphatic heterocycles. The van der Waals surface area contributed by atoms with E-state index in [4.69, 9.17) is 9.26 Å². The number of anilines is 1. The van der Waals surface area contributed by atoms with Crippen LogP contribution in [0.25, 0.3) is 11.5 Å². The van der Waals surface area contributed by atoms with Crippen molar-refractivity contribution in [2.45, 2.75) is 18.9 Å². The summed E-state index contributed by atoms with van der Waals surface area (Å²) in [6.45, 7) is 4.92. The summed E-state index contributed by atoms with van der Waals surface area (Å²) in [5.74, 6) is 1.98. The van der Waals surface area contributed by atoms with Crippen molar-refractivity contribution in [1.82, 2.24) is 15.0 Å². The van der Waals surface area contributed by atoms with Gasteiger partial charge in [-0.3, -0.25) is 4.90 Å². The lowest BCUT2D eigenvalue weighted by Crippen LogP contribution is -2.45. The van der Waals surface area contributed by atoms with Gasteiger partial charge in [-0.1, -0.05) is 18.2 Å². The molecule has 2 bridgehead atoms. The van der Waals surface area contributed by atoms with Crippen molar-refractivity contribution >= 4 is 5.95 Å². The summed E-state index contributed by atoms with van der Waals surface area (Å²) in [6.07, 6.45) is 2.53. The molecule has 3 aliphatic rings. The summed E-state index contributed by atoms with van der Waals surface area (Å²) in [5, 5.41) is 4.24. The highest BCUT2D eigenvalue weighted by Crippen LogP contribution is 2.30. The van der Waals surface area contributed by atoms with Gasteiger partial charge < -0.3 is 14.2 Å². The predicted octanol–water partition coefficient (Wildman–Crippen LogP) is 2.28. The Balaban J connectivity index is 1.50. The molecule has 3 saturated heterocycles. The highest BCUT2D eigenvalue weighted by molar-refractivity contribution is 5.54. The molecule has 1 aromatic carbocycles. The first-order chi connectivity index (χ1) is 11.8. The van der Waals surface area contributed by atoms with Crippen molar-refractivity contribution in [3.63, 3.8) is 0 Å². The Hall–Kier alpha value is -1.92. The molecule has 4 heterocycles. The third-order valence-electron chi connectivity index (χ3n) is 5.13. The number of piperidine rings is 1. The van der Waals surface area contributed by atoms with Gasteiger partial charge in [-0.15, -0.1) is 0 Å². The smallest absolute Gasteiger partial charge is 0.266 e. The Kier molecular flexibility index (Phi) is 4.49. The fourth-order valence-corrected chi connectivity index (χ4v) is 3.87. The van der Waals surface area contributed by atoms with Crippen LogP contribution in [0, 0.1) is 5.92 Å². The van der Waals surface area contributed by atoms with Gasteiger partial charge in [0.1, 0.15) is 0 Å². The van der Waals surface area contributed by atoms with Gasteiger partial charge in [0.25, 0.3) is 11.8 Å². The van der Waals surface area contributed by atoms with Crippen LogP contribution in [0.3, 0.4) is 0 Å². The molecule has 6 nitrogen and oxygen atoms in total. The first-order valence-corrected chi connectivity index (χ1v) is 8.70. The molecule has 0 N–H and O–H groups in total. The van der Waals surface area contributed by atoms with Crippen LogP contribution in [0.2, 0.25) is 0 Å². The number of aromatic nitrogens is 2. The zero-order chi connectivity index (χ0) is 16.4. The molecule has 128 valence electrons. The summed E-state index contributed by atoms with van der Waals surface area (Å²) < 4.78 is 10.8.